The van der Waals surface area contributed by atoms with Gasteiger partial charge in [0.2, 0.25) is 0 Å². The Labute approximate surface area is 103 Å². The average Bonchev–Trinajstić information content (AvgIpc) is 2.97. The van der Waals surface area contributed by atoms with E-state index >= 15 is 0 Å². The highest BCUT2D eigenvalue weighted by molar-refractivity contribution is 5.68. The fourth-order valence-electron chi connectivity index (χ4n) is 2.45. The number of aliphatic hydroxyl groups is 1. The van der Waals surface area contributed by atoms with Gasteiger partial charge in [-0.3, -0.25) is 0 Å². The number of aliphatic hydroxyl groups excluding tert-OH is 1. The molecule has 0 bridgehead atoms. The van der Waals surface area contributed by atoms with Crippen molar-refractivity contribution in [1.29, 1.82) is 0 Å². The van der Waals surface area contributed by atoms with E-state index in [2.05, 4.69) is 0 Å². The first-order valence-corrected chi connectivity index (χ1v) is 6.54. The highest BCUT2D eigenvalue weighted by atomic mass is 16.6. The number of likely N-dealkylation sites (tertiary alicyclic amines) is 1. The van der Waals surface area contributed by atoms with Gasteiger partial charge in [0.25, 0.3) is 0 Å². The van der Waals surface area contributed by atoms with Crippen LogP contribution in [0, 0.1) is 5.92 Å². The molecule has 1 amide bonds. The van der Waals surface area contributed by atoms with Crippen LogP contribution < -0.4 is 0 Å². The molecule has 2 rings (SSSR count). The van der Waals surface area contributed by atoms with Crippen LogP contribution in [-0.2, 0) is 4.74 Å². The molecule has 0 spiro atoms. The number of amides is 1. The molecule has 17 heavy (non-hydrogen) atoms. The van der Waals surface area contributed by atoms with Crippen LogP contribution in [0.1, 0.15) is 46.5 Å². The molecule has 1 N–H and O–H groups in total. The number of carbonyl (C=O) groups is 1. The summed E-state index contributed by atoms with van der Waals surface area (Å²) < 4.78 is 5.43. The highest BCUT2D eigenvalue weighted by Gasteiger charge is 2.42. The van der Waals surface area contributed by atoms with E-state index in [1.807, 2.05) is 25.7 Å². The molecule has 2 fully saturated rings. The van der Waals surface area contributed by atoms with E-state index in [1.54, 1.807) is 0 Å². The lowest BCUT2D eigenvalue weighted by molar-refractivity contribution is -0.0118. The molecule has 0 radical (unpaired) electrons. The molecule has 0 unspecified atom stereocenters. The van der Waals surface area contributed by atoms with Crippen LogP contribution in [0.25, 0.3) is 0 Å². The van der Waals surface area contributed by atoms with Gasteiger partial charge in [-0.25, -0.2) is 4.79 Å². The lowest BCUT2D eigenvalue weighted by Gasteiger charge is -2.38. The Morgan fingerprint density at radius 2 is 1.94 bits per heavy atom. The van der Waals surface area contributed by atoms with Crippen LogP contribution in [0.5, 0.6) is 0 Å². The number of ether oxygens (including phenoxy) is 1. The Hall–Kier alpha value is -0.770. The number of nitrogens with zero attached hydrogens (tertiary/aromatic N) is 1. The van der Waals surface area contributed by atoms with Crippen LogP contribution in [0.15, 0.2) is 0 Å². The SMILES string of the molecule is CC(C)(C)OC(=O)N1CC[C@@H](O)C[C@@H]1C1CC1. The average molecular weight is 241 g/mol. The number of rotatable bonds is 1. The molecule has 0 aromatic heterocycles. The fourth-order valence-corrected chi connectivity index (χ4v) is 2.45. The van der Waals surface area contributed by atoms with Gasteiger partial charge in [0.15, 0.2) is 0 Å². The van der Waals surface area contributed by atoms with Crippen molar-refractivity contribution in [3.05, 3.63) is 0 Å². The third-order valence-corrected chi connectivity index (χ3v) is 3.41. The Kier molecular flexibility index (Phi) is 3.34. The summed E-state index contributed by atoms with van der Waals surface area (Å²) >= 11 is 0. The highest BCUT2D eigenvalue weighted by Crippen LogP contribution is 2.39. The third-order valence-electron chi connectivity index (χ3n) is 3.41. The molecule has 4 nitrogen and oxygen atoms in total. The van der Waals surface area contributed by atoms with E-state index in [1.165, 1.54) is 12.8 Å². The molecule has 4 heteroatoms. The second kappa shape index (κ2) is 4.48. The van der Waals surface area contributed by atoms with Gasteiger partial charge >= 0.3 is 6.09 Å². The van der Waals surface area contributed by atoms with E-state index in [-0.39, 0.29) is 18.2 Å². The van der Waals surface area contributed by atoms with Gasteiger partial charge in [0, 0.05) is 12.6 Å². The first kappa shape index (κ1) is 12.7. The predicted molar refractivity (Wildman–Crippen MR) is 64.7 cm³/mol. The molecule has 0 aromatic rings. The number of piperidine rings is 1. The maximum absolute atomic E-state index is 12.1. The summed E-state index contributed by atoms with van der Waals surface area (Å²) in [6.45, 7) is 6.28. The number of carbonyl (C=O) groups excluding carboxylic acids is 1. The molecule has 1 heterocycles. The van der Waals surface area contributed by atoms with Crippen LogP contribution in [-0.4, -0.2) is 40.4 Å². The zero-order chi connectivity index (χ0) is 12.6. The van der Waals surface area contributed by atoms with E-state index < -0.39 is 5.60 Å². The topological polar surface area (TPSA) is 49.8 Å². The minimum absolute atomic E-state index is 0.189. The van der Waals surface area contributed by atoms with E-state index in [4.69, 9.17) is 4.74 Å². The van der Waals surface area contributed by atoms with E-state index in [9.17, 15) is 9.90 Å². The summed E-state index contributed by atoms with van der Waals surface area (Å²) in [5.41, 5.74) is -0.443. The van der Waals surface area contributed by atoms with Crippen molar-refractivity contribution in [2.45, 2.75) is 64.2 Å². The Morgan fingerprint density at radius 1 is 1.29 bits per heavy atom. The second-order valence-corrected chi connectivity index (χ2v) is 6.26. The van der Waals surface area contributed by atoms with Crippen LogP contribution in [0.4, 0.5) is 4.79 Å². The largest absolute Gasteiger partial charge is 0.444 e. The summed E-state index contributed by atoms with van der Waals surface area (Å²) in [6.07, 6.45) is 3.26. The number of hydrogen-bond donors (Lipinski definition) is 1. The van der Waals surface area contributed by atoms with Gasteiger partial charge in [0.05, 0.1) is 6.10 Å². The minimum atomic E-state index is -0.443. The Bertz CT molecular complexity index is 294. The Morgan fingerprint density at radius 3 is 2.47 bits per heavy atom. The van der Waals surface area contributed by atoms with Gasteiger partial charge in [-0.15, -0.1) is 0 Å². The van der Waals surface area contributed by atoms with E-state index in [0.29, 0.717) is 25.3 Å². The number of hydrogen-bond acceptors (Lipinski definition) is 3. The summed E-state index contributed by atoms with van der Waals surface area (Å²) in [5.74, 6) is 0.581. The van der Waals surface area contributed by atoms with Crippen molar-refractivity contribution in [2.24, 2.45) is 5.92 Å². The monoisotopic (exact) mass is 241 g/mol. The maximum atomic E-state index is 12.1. The lowest BCUT2D eigenvalue weighted by Crippen LogP contribution is -2.50. The zero-order valence-corrected chi connectivity index (χ0v) is 11.0. The van der Waals surface area contributed by atoms with Crippen molar-refractivity contribution in [3.8, 4) is 0 Å². The van der Waals surface area contributed by atoms with Crippen LogP contribution in [0.3, 0.4) is 0 Å². The van der Waals surface area contributed by atoms with Crippen molar-refractivity contribution < 1.29 is 14.6 Å². The maximum Gasteiger partial charge on any atom is 0.410 e. The normalized spacial score (nSPS) is 30.2. The molecular weight excluding hydrogens is 218 g/mol. The molecule has 2 atom stereocenters. The molecule has 1 aliphatic heterocycles. The zero-order valence-electron chi connectivity index (χ0n) is 11.0. The standard InChI is InChI=1S/C13H23NO3/c1-13(2,3)17-12(16)14-7-6-10(15)8-11(14)9-4-5-9/h9-11,15H,4-8H2,1-3H3/t10-,11-/m1/s1. The first-order valence-electron chi connectivity index (χ1n) is 6.54. The van der Waals surface area contributed by atoms with Gasteiger partial charge in [-0.05, 0) is 52.4 Å². The fraction of sp³-hybridized carbons (Fsp3) is 0.923. The van der Waals surface area contributed by atoms with Gasteiger partial charge in [0.1, 0.15) is 5.60 Å². The molecule has 2 aliphatic rings. The molecule has 1 saturated carbocycles. The van der Waals surface area contributed by atoms with Crippen LogP contribution >= 0.6 is 0 Å². The predicted octanol–water partition coefficient (Wildman–Crippen LogP) is 2.16. The van der Waals surface area contributed by atoms with Crippen molar-refractivity contribution in [2.75, 3.05) is 6.54 Å². The molecule has 0 aromatic carbocycles. The van der Waals surface area contributed by atoms with Gasteiger partial charge in [-0.2, -0.15) is 0 Å². The molecule has 1 saturated heterocycles. The second-order valence-electron chi connectivity index (χ2n) is 6.26. The van der Waals surface area contributed by atoms with Crippen LogP contribution in [0.2, 0.25) is 0 Å². The summed E-state index contributed by atoms with van der Waals surface area (Å²) in [7, 11) is 0. The van der Waals surface area contributed by atoms with Gasteiger partial charge < -0.3 is 14.7 Å². The molecular formula is C13H23NO3. The van der Waals surface area contributed by atoms with Crippen molar-refractivity contribution in [1.82, 2.24) is 4.90 Å². The smallest absolute Gasteiger partial charge is 0.410 e. The van der Waals surface area contributed by atoms with E-state index in [0.717, 1.165) is 0 Å². The van der Waals surface area contributed by atoms with Crippen molar-refractivity contribution >= 4 is 6.09 Å². The quantitative estimate of drug-likeness (QED) is 0.765. The summed E-state index contributed by atoms with van der Waals surface area (Å²) in [6, 6.07) is 0.189. The Balaban J connectivity index is 1.99. The lowest BCUT2D eigenvalue weighted by atomic mass is 9.96. The molecule has 1 aliphatic carbocycles. The third kappa shape index (κ3) is 3.35. The van der Waals surface area contributed by atoms with Gasteiger partial charge in [-0.1, -0.05) is 0 Å². The molecule has 98 valence electrons. The minimum Gasteiger partial charge on any atom is -0.444 e. The summed E-state index contributed by atoms with van der Waals surface area (Å²) in [5, 5.41) is 9.71. The first-order chi connectivity index (χ1) is 7.87. The summed E-state index contributed by atoms with van der Waals surface area (Å²) in [4.78, 5) is 13.9. The van der Waals surface area contributed by atoms with Crippen molar-refractivity contribution in [3.63, 3.8) is 0 Å².